The molecule has 116 valence electrons. The van der Waals surface area contributed by atoms with Crippen molar-refractivity contribution in [3.05, 3.63) is 0 Å². The number of unbranched alkanes of at least 4 members (excludes halogenated alkanes) is 1. The summed E-state index contributed by atoms with van der Waals surface area (Å²) in [6.07, 6.45) is 6.37. The highest BCUT2D eigenvalue weighted by Crippen LogP contribution is 2.36. The number of hydrogen-bond donors (Lipinski definition) is 1. The number of esters is 2. The summed E-state index contributed by atoms with van der Waals surface area (Å²) in [7, 11) is 1.42. The van der Waals surface area contributed by atoms with Crippen LogP contribution in [0.4, 0.5) is 0 Å². The monoisotopic (exact) mass is 286 g/mol. The number of carbonyl (C=O) groups is 2. The fourth-order valence-electron chi connectivity index (χ4n) is 2.22. The minimum Gasteiger partial charge on any atom is -0.469 e. The average Bonchev–Trinajstić information content (AvgIpc) is 3.25. The smallest absolute Gasteiger partial charge is 0.308 e. The van der Waals surface area contributed by atoms with Gasteiger partial charge in [0, 0.05) is 13.0 Å². The third kappa shape index (κ3) is 7.48. The highest BCUT2D eigenvalue weighted by atomic mass is 16.5. The van der Waals surface area contributed by atoms with Crippen LogP contribution in [0.25, 0.3) is 0 Å². The number of ether oxygens (including phenoxy) is 2. The van der Waals surface area contributed by atoms with E-state index in [1.54, 1.807) is 0 Å². The van der Waals surface area contributed by atoms with E-state index in [2.05, 4.69) is 0 Å². The van der Waals surface area contributed by atoms with Crippen LogP contribution in [0.15, 0.2) is 0 Å². The van der Waals surface area contributed by atoms with E-state index in [1.807, 2.05) is 0 Å². The zero-order valence-corrected chi connectivity index (χ0v) is 12.3. The van der Waals surface area contributed by atoms with Gasteiger partial charge < -0.3 is 14.6 Å². The van der Waals surface area contributed by atoms with Crippen molar-refractivity contribution in [2.45, 2.75) is 51.4 Å². The summed E-state index contributed by atoms with van der Waals surface area (Å²) >= 11 is 0. The van der Waals surface area contributed by atoms with E-state index in [4.69, 9.17) is 14.6 Å². The molecular weight excluding hydrogens is 260 g/mol. The van der Waals surface area contributed by atoms with E-state index >= 15 is 0 Å². The predicted molar refractivity (Wildman–Crippen MR) is 74.0 cm³/mol. The normalized spacial score (nSPS) is 15.7. The first-order chi connectivity index (χ1) is 9.67. The van der Waals surface area contributed by atoms with Crippen LogP contribution >= 0.6 is 0 Å². The summed E-state index contributed by atoms with van der Waals surface area (Å²) in [6, 6.07) is 0. The Morgan fingerprint density at radius 2 is 2.00 bits per heavy atom. The molecule has 1 unspecified atom stereocenters. The lowest BCUT2D eigenvalue weighted by Crippen LogP contribution is -2.18. The SMILES string of the molecule is COC(=O)C(CCCOC(=O)CCCCO)CC1CC1. The molecule has 0 radical (unpaired) electrons. The molecule has 0 aromatic carbocycles. The molecule has 1 aliphatic rings. The van der Waals surface area contributed by atoms with Crippen molar-refractivity contribution in [1.82, 2.24) is 0 Å². The third-order valence-electron chi connectivity index (χ3n) is 3.60. The van der Waals surface area contributed by atoms with Crippen molar-refractivity contribution in [1.29, 1.82) is 0 Å². The van der Waals surface area contributed by atoms with Crippen LogP contribution in [0, 0.1) is 11.8 Å². The largest absolute Gasteiger partial charge is 0.469 e. The molecule has 0 amide bonds. The maximum Gasteiger partial charge on any atom is 0.308 e. The number of methoxy groups -OCH3 is 1. The van der Waals surface area contributed by atoms with E-state index in [9.17, 15) is 9.59 Å². The third-order valence-corrected chi connectivity index (χ3v) is 3.60. The fraction of sp³-hybridized carbons (Fsp3) is 0.867. The first-order valence-corrected chi connectivity index (χ1v) is 7.51. The lowest BCUT2D eigenvalue weighted by Gasteiger charge is -2.14. The molecule has 0 heterocycles. The van der Waals surface area contributed by atoms with Crippen LogP contribution in [0.3, 0.4) is 0 Å². The standard InChI is InChI=1S/C15H26O5/c1-19-15(18)13(11-12-7-8-12)5-4-10-20-14(17)6-2-3-9-16/h12-13,16H,2-11H2,1H3. The highest BCUT2D eigenvalue weighted by Gasteiger charge is 2.29. The Kier molecular flexibility index (Phi) is 8.26. The summed E-state index contributed by atoms with van der Waals surface area (Å²) in [5.41, 5.74) is 0. The molecule has 0 aliphatic heterocycles. The Balaban J connectivity index is 2.10. The second-order valence-electron chi connectivity index (χ2n) is 5.44. The maximum absolute atomic E-state index is 11.6. The number of aliphatic hydroxyl groups excluding tert-OH is 1. The molecule has 0 spiro atoms. The molecule has 0 aromatic rings. The molecule has 20 heavy (non-hydrogen) atoms. The average molecular weight is 286 g/mol. The maximum atomic E-state index is 11.6. The van der Waals surface area contributed by atoms with Gasteiger partial charge in [-0.25, -0.2) is 0 Å². The zero-order valence-electron chi connectivity index (χ0n) is 12.3. The van der Waals surface area contributed by atoms with Gasteiger partial charge in [0.1, 0.15) is 0 Å². The molecule has 1 N–H and O–H groups in total. The number of aliphatic hydroxyl groups is 1. The van der Waals surface area contributed by atoms with Gasteiger partial charge in [0.2, 0.25) is 0 Å². The van der Waals surface area contributed by atoms with Crippen molar-refractivity contribution in [2.75, 3.05) is 20.3 Å². The van der Waals surface area contributed by atoms with Crippen molar-refractivity contribution in [2.24, 2.45) is 11.8 Å². The first-order valence-electron chi connectivity index (χ1n) is 7.51. The predicted octanol–water partition coefficient (Wildman–Crippen LogP) is 2.06. The van der Waals surface area contributed by atoms with Crippen molar-refractivity contribution in [3.63, 3.8) is 0 Å². The molecule has 1 fully saturated rings. The molecular formula is C15H26O5. The molecule has 5 heteroatoms. The van der Waals surface area contributed by atoms with Crippen LogP contribution < -0.4 is 0 Å². The van der Waals surface area contributed by atoms with Gasteiger partial charge in [-0.3, -0.25) is 9.59 Å². The minimum absolute atomic E-state index is 0.0550. The highest BCUT2D eigenvalue weighted by molar-refractivity contribution is 5.72. The number of carbonyl (C=O) groups excluding carboxylic acids is 2. The summed E-state index contributed by atoms with van der Waals surface area (Å²) < 4.78 is 9.91. The molecule has 1 aliphatic carbocycles. The van der Waals surface area contributed by atoms with E-state index in [0.29, 0.717) is 44.6 Å². The lowest BCUT2D eigenvalue weighted by molar-refractivity contribution is -0.146. The molecule has 0 aromatic heterocycles. The Labute approximate surface area is 120 Å². The van der Waals surface area contributed by atoms with E-state index < -0.39 is 0 Å². The quantitative estimate of drug-likeness (QED) is 0.465. The molecule has 5 nitrogen and oxygen atoms in total. The Morgan fingerprint density at radius 1 is 1.25 bits per heavy atom. The minimum atomic E-state index is -0.227. The topological polar surface area (TPSA) is 72.8 Å². The van der Waals surface area contributed by atoms with Crippen molar-refractivity contribution in [3.8, 4) is 0 Å². The Morgan fingerprint density at radius 3 is 2.60 bits per heavy atom. The van der Waals surface area contributed by atoms with Crippen molar-refractivity contribution < 1.29 is 24.2 Å². The van der Waals surface area contributed by atoms with Gasteiger partial charge in [-0.15, -0.1) is 0 Å². The van der Waals surface area contributed by atoms with E-state index in [0.717, 1.165) is 6.42 Å². The van der Waals surface area contributed by atoms with Gasteiger partial charge in [-0.2, -0.15) is 0 Å². The lowest BCUT2D eigenvalue weighted by atomic mass is 9.97. The van der Waals surface area contributed by atoms with Crippen LogP contribution in [0.1, 0.15) is 51.4 Å². The second kappa shape index (κ2) is 9.75. The summed E-state index contributed by atoms with van der Waals surface area (Å²) in [5, 5.41) is 8.61. The molecule has 0 saturated heterocycles. The van der Waals surface area contributed by atoms with Crippen LogP contribution in [-0.2, 0) is 19.1 Å². The van der Waals surface area contributed by atoms with Crippen LogP contribution in [0.2, 0.25) is 0 Å². The number of rotatable bonds is 11. The van der Waals surface area contributed by atoms with E-state index in [-0.39, 0.29) is 24.5 Å². The Bertz CT molecular complexity index is 299. The van der Waals surface area contributed by atoms with E-state index in [1.165, 1.54) is 20.0 Å². The Hall–Kier alpha value is -1.10. The summed E-state index contributed by atoms with van der Waals surface area (Å²) in [4.78, 5) is 23.0. The summed E-state index contributed by atoms with van der Waals surface area (Å²) in [5.74, 6) is 0.252. The first kappa shape index (κ1) is 17.0. The van der Waals surface area contributed by atoms with Gasteiger partial charge in [0.15, 0.2) is 0 Å². The van der Waals surface area contributed by atoms with Crippen LogP contribution in [-0.4, -0.2) is 37.4 Å². The molecule has 1 atom stereocenters. The number of hydrogen-bond acceptors (Lipinski definition) is 5. The van der Waals surface area contributed by atoms with Gasteiger partial charge in [-0.1, -0.05) is 12.8 Å². The molecule has 0 bridgehead atoms. The second-order valence-corrected chi connectivity index (χ2v) is 5.44. The van der Waals surface area contributed by atoms with Gasteiger partial charge in [-0.05, 0) is 38.0 Å². The van der Waals surface area contributed by atoms with Crippen molar-refractivity contribution >= 4 is 11.9 Å². The molecule has 1 saturated carbocycles. The summed E-state index contributed by atoms with van der Waals surface area (Å²) in [6.45, 7) is 0.464. The van der Waals surface area contributed by atoms with Gasteiger partial charge >= 0.3 is 11.9 Å². The van der Waals surface area contributed by atoms with Gasteiger partial charge in [0.25, 0.3) is 0 Å². The van der Waals surface area contributed by atoms with Gasteiger partial charge in [0.05, 0.1) is 19.6 Å². The van der Waals surface area contributed by atoms with Crippen LogP contribution in [0.5, 0.6) is 0 Å². The zero-order chi connectivity index (χ0) is 14.8. The molecule has 1 rings (SSSR count). The fourth-order valence-corrected chi connectivity index (χ4v) is 2.22.